The molecule has 0 atom stereocenters. The number of aliphatic hydroxyl groups excluding tert-OH is 2. The highest BCUT2D eigenvalue weighted by Crippen LogP contribution is 2.37. The molecule has 406 valence electrons. The van der Waals surface area contributed by atoms with Crippen LogP contribution in [0, 0.1) is 5.41 Å². The molecule has 0 bridgehead atoms. The van der Waals surface area contributed by atoms with Crippen LogP contribution in [0.4, 0.5) is 0 Å². The summed E-state index contributed by atoms with van der Waals surface area (Å²) in [7, 11) is 0. The lowest BCUT2D eigenvalue weighted by atomic mass is 9.81. The molecule has 7 aliphatic carbocycles. The van der Waals surface area contributed by atoms with Crippen molar-refractivity contribution in [2.24, 2.45) is 5.41 Å². The third kappa shape index (κ3) is 20.6. The van der Waals surface area contributed by atoms with Gasteiger partial charge in [0.05, 0.1) is 31.9 Å². The molecule has 0 aromatic heterocycles. The monoisotopic (exact) mass is 1670 g/mol. The minimum absolute atomic E-state index is 0.00407. The number of allylic oxidation sites excluding steroid dienone is 26. The summed E-state index contributed by atoms with van der Waals surface area (Å²) in [6.45, 7) is 8.96. The smallest absolute Gasteiger partial charge is 0.239 e. The van der Waals surface area contributed by atoms with Crippen molar-refractivity contribution >= 4 is 266 Å². The molecule has 16 nitrogen and oxygen atoms in total. The second-order valence-electron chi connectivity index (χ2n) is 15.4. The highest BCUT2D eigenvalue weighted by Gasteiger charge is 2.33. The van der Waals surface area contributed by atoms with E-state index in [-0.39, 0.29) is 95.2 Å². The first-order valence-electron chi connectivity index (χ1n) is 19.8. The highest BCUT2D eigenvalue weighted by molar-refractivity contribution is 9.16. The van der Waals surface area contributed by atoms with E-state index in [4.69, 9.17) is 68.2 Å². The highest BCUT2D eigenvalue weighted by atomic mass is 79.9. The summed E-state index contributed by atoms with van der Waals surface area (Å²) in [5.41, 5.74) is 1.29. The van der Waals surface area contributed by atoms with Crippen LogP contribution >= 0.6 is 185 Å². The molecule has 0 aliphatic heterocycles. The fraction of sp³-hybridized carbons (Fsp3) is 0.125. The number of ketones is 14. The molecule has 0 spiro atoms. The third-order valence-electron chi connectivity index (χ3n) is 8.73. The Morgan fingerprint density at radius 2 is 0.675 bits per heavy atom. The summed E-state index contributed by atoms with van der Waals surface area (Å²) in [6.07, 6.45) is 12.8. The van der Waals surface area contributed by atoms with E-state index in [0.29, 0.717) is 25.7 Å². The summed E-state index contributed by atoms with van der Waals surface area (Å²) >= 11 is 50.1. The van der Waals surface area contributed by atoms with Crippen LogP contribution in [-0.2, 0) is 67.1 Å². The first-order chi connectivity index (χ1) is 35.2. The van der Waals surface area contributed by atoms with Gasteiger partial charge in [-0.15, -0.1) is 0 Å². The molecule has 0 amide bonds. The maximum Gasteiger partial charge on any atom is 0.239 e. The summed E-state index contributed by atoms with van der Waals surface area (Å²) in [6, 6.07) is 0. The molecule has 0 radical (unpaired) electrons. The Bertz CT molecular complexity index is 2810. The molecule has 0 saturated carbocycles. The number of aliphatic hydroxyl groups is 2. The fourth-order valence-electron chi connectivity index (χ4n) is 4.66. The lowest BCUT2D eigenvalue weighted by Crippen LogP contribution is -2.20. The van der Waals surface area contributed by atoms with Gasteiger partial charge in [-0.2, -0.15) is 0 Å². The van der Waals surface area contributed by atoms with Crippen LogP contribution in [0.1, 0.15) is 34.6 Å². The third-order valence-corrected chi connectivity index (χ3v) is 17.5. The zero-order chi connectivity index (χ0) is 60.0. The molecular weight excluding hydrogens is 1650 g/mol. The maximum atomic E-state index is 11.3. The first-order valence-corrected chi connectivity index (χ1v) is 28.0. The van der Waals surface area contributed by atoms with Crippen molar-refractivity contribution in [2.45, 2.75) is 34.6 Å². The second-order valence-corrected chi connectivity index (χ2v) is 23.8. The zero-order valence-corrected chi connectivity index (χ0v) is 55.3. The predicted octanol–water partition coefficient (Wildman–Crippen LogP) is 12.3. The molecule has 0 aromatic carbocycles. The van der Waals surface area contributed by atoms with Gasteiger partial charge >= 0.3 is 0 Å². The lowest BCUT2D eigenvalue weighted by Gasteiger charge is -2.21. The average molecular weight is 1680 g/mol. The Labute approximate surface area is 528 Å². The number of hydrogen-bond acceptors (Lipinski definition) is 16. The largest absolute Gasteiger partial charge is 0.503 e. The molecule has 7 aliphatic rings. The van der Waals surface area contributed by atoms with Crippen molar-refractivity contribution in [3.8, 4) is 0 Å². The quantitative estimate of drug-likeness (QED) is 0.213. The molecular formula is C48H27Br8Cl5O16. The van der Waals surface area contributed by atoms with E-state index < -0.39 is 54.8 Å². The lowest BCUT2D eigenvalue weighted by molar-refractivity contribution is -0.118. The molecule has 7 rings (SSSR count). The van der Waals surface area contributed by atoms with Crippen LogP contribution in [0.5, 0.6) is 0 Å². The van der Waals surface area contributed by atoms with Gasteiger partial charge in [0.25, 0.3) is 0 Å². The first kappa shape index (κ1) is 71.6. The minimum Gasteiger partial charge on any atom is -0.503 e. The van der Waals surface area contributed by atoms with Crippen molar-refractivity contribution in [2.75, 3.05) is 0 Å². The summed E-state index contributed by atoms with van der Waals surface area (Å²) in [4.78, 5) is 153. The molecule has 0 aromatic rings. The van der Waals surface area contributed by atoms with Crippen molar-refractivity contribution in [1.29, 1.82) is 0 Å². The Morgan fingerprint density at radius 3 is 0.987 bits per heavy atom. The topological polar surface area (TPSA) is 279 Å². The van der Waals surface area contributed by atoms with Crippen molar-refractivity contribution in [3.05, 3.63) is 150 Å². The van der Waals surface area contributed by atoms with Crippen LogP contribution in [-0.4, -0.2) is 91.2 Å². The number of carbonyl (C=O) groups is 14. The van der Waals surface area contributed by atoms with Gasteiger partial charge in [0.2, 0.25) is 34.7 Å². The van der Waals surface area contributed by atoms with E-state index in [1.807, 2.05) is 20.8 Å². The molecule has 0 unspecified atom stereocenters. The van der Waals surface area contributed by atoms with Crippen molar-refractivity contribution in [3.63, 3.8) is 0 Å². The number of halogens is 13. The predicted molar refractivity (Wildman–Crippen MR) is 316 cm³/mol. The van der Waals surface area contributed by atoms with E-state index in [2.05, 4.69) is 127 Å². The summed E-state index contributed by atoms with van der Waals surface area (Å²) in [5, 5.41) is 16.4. The van der Waals surface area contributed by atoms with E-state index in [0.717, 1.165) is 6.08 Å². The van der Waals surface area contributed by atoms with Gasteiger partial charge in [0, 0.05) is 34.9 Å². The number of carbonyl (C=O) groups excluding carboxylic acids is 14. The van der Waals surface area contributed by atoms with Crippen LogP contribution in [0.2, 0.25) is 0 Å². The average Bonchev–Trinajstić information content (AvgIpc) is 3.37. The van der Waals surface area contributed by atoms with Gasteiger partial charge in [-0.1, -0.05) is 78.8 Å². The maximum absolute atomic E-state index is 11.3. The fourth-order valence-corrected chi connectivity index (χ4v) is 9.09. The van der Waals surface area contributed by atoms with Gasteiger partial charge in [-0.3, -0.25) is 67.1 Å². The van der Waals surface area contributed by atoms with E-state index in [9.17, 15) is 67.1 Å². The molecule has 0 saturated heterocycles. The van der Waals surface area contributed by atoms with Gasteiger partial charge in [0.15, 0.2) is 57.8 Å². The van der Waals surface area contributed by atoms with Crippen LogP contribution < -0.4 is 0 Å². The summed E-state index contributed by atoms with van der Waals surface area (Å²) in [5.74, 6) is -6.21. The van der Waals surface area contributed by atoms with Gasteiger partial charge in [-0.05, 0) is 189 Å². The summed E-state index contributed by atoms with van der Waals surface area (Å²) < 4.78 is 0.967. The normalized spacial score (nSPS) is 18.8. The molecule has 77 heavy (non-hydrogen) atoms. The number of rotatable bonds is 0. The van der Waals surface area contributed by atoms with Crippen LogP contribution in [0.25, 0.3) is 0 Å². The van der Waals surface area contributed by atoms with Gasteiger partial charge < -0.3 is 10.2 Å². The molecule has 29 heteroatoms. The van der Waals surface area contributed by atoms with Crippen LogP contribution in [0.3, 0.4) is 0 Å². The SMILES string of the molecule is CC(C)(C)C1=CC(=O)C=CC1=O.CC1=CC(=O)C(Br)=CC1=O.CC1=CC(=O)C(Cl)=CC1=O.O=C1C(Br)=C(Br)C(=O)C(Br)=C1Br.O=C1C(Cl)=C(Cl)C(=O)C(Cl)=C1Cl.O=C1C(O)=C(Br)C(=O)C(O)=C1Br.O=C1C=CC(=O)C(Br)=C1. The zero-order valence-electron chi connectivity index (χ0n) is 38.8. The van der Waals surface area contributed by atoms with E-state index in [1.165, 1.54) is 54.7 Å². The Morgan fingerprint density at radius 1 is 0.351 bits per heavy atom. The van der Waals surface area contributed by atoms with E-state index in [1.54, 1.807) is 13.8 Å². The number of Topliss-reactive ketones (excluding diaryl/α,β-unsaturated/α-hetero) is 6. The Kier molecular flexibility index (Phi) is 29.4. The van der Waals surface area contributed by atoms with Crippen LogP contribution in [0.15, 0.2) is 150 Å². The molecule has 0 fully saturated rings. The Balaban J connectivity index is 0.000000450. The van der Waals surface area contributed by atoms with Gasteiger partial charge in [0.1, 0.15) is 29.1 Å². The molecule has 0 heterocycles. The van der Waals surface area contributed by atoms with Crippen molar-refractivity contribution < 1.29 is 77.3 Å². The number of hydrogen-bond donors (Lipinski definition) is 2. The standard InChI is InChI=1S/C10H12O2.C7H5BrO2.C7H5ClO2.C6Br4O2.C6H2Br2O4.C6H3BrO2.C6Cl4O2/c1-10(2,3)8-6-7(11)4-5-9(8)12;2*1-4-2-7(10)5(8)3-6(4)9;7-1-2(8)6(12)4(10)3(9)5(1)11;7-1-3(9)5(11)2(8)6(12)4(1)10;7-5-3-4(8)1-2-6(5)9;7-1-2(8)6(12)4(10)3(9)5(1)11/h4-6H,1-3H3;2*2-3H,1H3;;9,12H;1-3H;. The second kappa shape index (κ2) is 31.6. The Hall–Kier alpha value is -3.37. The minimum atomic E-state index is -0.820. The molecule has 2 N–H and O–H groups in total. The van der Waals surface area contributed by atoms with Crippen molar-refractivity contribution in [1.82, 2.24) is 0 Å². The van der Waals surface area contributed by atoms with Gasteiger partial charge in [-0.25, -0.2) is 0 Å². The van der Waals surface area contributed by atoms with E-state index >= 15 is 0 Å².